The van der Waals surface area contributed by atoms with Gasteiger partial charge in [0.25, 0.3) is 0 Å². The average molecular weight is 831 g/mol. The minimum absolute atomic E-state index is 0.171. The van der Waals surface area contributed by atoms with E-state index in [0.717, 1.165) is 0 Å². The van der Waals surface area contributed by atoms with Gasteiger partial charge in [0.05, 0.1) is 13.2 Å². The Morgan fingerprint density at radius 3 is 1.09 bits per heavy atom. The molecule has 4 fully saturated rings. The average Bonchev–Trinajstić information content (AvgIpc) is 3.20. The Balaban J connectivity index is 1.71. The fourth-order valence-corrected chi connectivity index (χ4v) is 6.18. The van der Waals surface area contributed by atoms with E-state index in [4.69, 9.17) is 42.6 Å². The van der Waals surface area contributed by atoms with Crippen LogP contribution in [-0.2, 0) is 52.2 Å². The van der Waals surface area contributed by atoms with Crippen LogP contribution in [0.15, 0.2) is 23.3 Å². The van der Waals surface area contributed by atoms with Crippen molar-refractivity contribution < 1.29 is 113 Å². The van der Waals surface area contributed by atoms with Crippen LogP contribution in [0.3, 0.4) is 0 Å². The molecule has 4 rings (SSSR count). The molecular formula is C34H54O23. The van der Waals surface area contributed by atoms with Crippen LogP contribution in [0.4, 0.5) is 0 Å². The molecule has 0 aromatic carbocycles. The number of carbonyl (C=O) groups excluding carboxylic acids is 2. The van der Waals surface area contributed by atoms with E-state index in [1.807, 2.05) is 0 Å². The number of rotatable bonds is 14. The monoisotopic (exact) mass is 830 g/mol. The van der Waals surface area contributed by atoms with E-state index in [2.05, 4.69) is 0 Å². The molecule has 4 heterocycles. The maximum atomic E-state index is 12.4. The van der Waals surface area contributed by atoms with Gasteiger partial charge in [-0.3, -0.25) is 0 Å². The van der Waals surface area contributed by atoms with E-state index < -0.39 is 161 Å². The van der Waals surface area contributed by atoms with Crippen molar-refractivity contribution in [2.24, 2.45) is 0 Å². The first kappa shape index (κ1) is 47.3. The molecular weight excluding hydrogens is 776 g/mol. The van der Waals surface area contributed by atoms with Gasteiger partial charge in [-0.1, -0.05) is 12.2 Å². The standard InChI is InChI=1S/C34H54O23/c1-5-11(3)29(47)49-9-15-19(39)23(43)27(55-31-25(45)21(41)17(37)13(7-35)51-31)33(53-15)57-34-28(56-32-26(46)22(42)18(38)14(8-36)52-32)24(44)20(40)16(54-34)10-50-30(48)12(4)6-2/h5-6,13-28,31-46H,7-10H2,1-4H3/b11-5+,12-6+/t13-,14-,15-,16-,17-,18-,19-,20-,21+,22+,23+,24+,25-,26-,27-,28-,31+,32+,33-,34?/m0/s1. The lowest BCUT2D eigenvalue weighted by atomic mass is 9.96. The lowest BCUT2D eigenvalue weighted by molar-refractivity contribution is -0.414. The lowest BCUT2D eigenvalue weighted by Gasteiger charge is -2.49. The largest absolute Gasteiger partial charge is 0.459 e. The second kappa shape index (κ2) is 20.8. The summed E-state index contributed by atoms with van der Waals surface area (Å²) < 4.78 is 50.5. The summed E-state index contributed by atoms with van der Waals surface area (Å²) in [5.41, 5.74) is 0.343. The van der Waals surface area contributed by atoms with Crippen LogP contribution < -0.4 is 0 Å². The molecule has 0 spiro atoms. The molecule has 4 saturated heterocycles. The van der Waals surface area contributed by atoms with Crippen molar-refractivity contribution >= 4 is 11.9 Å². The predicted octanol–water partition coefficient (Wildman–Crippen LogP) is -6.71. The first-order valence-electron chi connectivity index (χ1n) is 18.1. The van der Waals surface area contributed by atoms with Crippen LogP contribution in [0.2, 0.25) is 0 Å². The van der Waals surface area contributed by atoms with E-state index >= 15 is 0 Å². The highest BCUT2D eigenvalue weighted by Gasteiger charge is 2.56. The summed E-state index contributed by atoms with van der Waals surface area (Å²) in [6.45, 7) is 2.83. The molecule has 0 aromatic heterocycles. The number of allylic oxidation sites excluding steroid dienone is 2. The fourth-order valence-electron chi connectivity index (χ4n) is 6.18. The molecule has 0 saturated carbocycles. The molecule has 4 aliphatic heterocycles. The van der Waals surface area contributed by atoms with Crippen LogP contribution in [0.25, 0.3) is 0 Å². The van der Waals surface area contributed by atoms with Crippen molar-refractivity contribution in [3.63, 3.8) is 0 Å². The molecule has 23 heteroatoms. The van der Waals surface area contributed by atoms with E-state index in [0.29, 0.717) is 0 Å². The number of hydrogen-bond donors (Lipinski definition) is 12. The highest BCUT2D eigenvalue weighted by Crippen LogP contribution is 2.35. The highest BCUT2D eigenvalue weighted by atomic mass is 16.8. The molecule has 4 aliphatic rings. The third kappa shape index (κ3) is 10.7. The van der Waals surface area contributed by atoms with Gasteiger partial charge in [-0.15, -0.1) is 0 Å². The van der Waals surface area contributed by atoms with Crippen molar-refractivity contribution in [1.29, 1.82) is 0 Å². The zero-order valence-corrected chi connectivity index (χ0v) is 31.4. The third-order valence-corrected chi connectivity index (χ3v) is 10.1. The molecule has 57 heavy (non-hydrogen) atoms. The zero-order valence-electron chi connectivity index (χ0n) is 31.4. The summed E-state index contributed by atoms with van der Waals surface area (Å²) in [6.07, 6.45) is -35.0. The summed E-state index contributed by atoms with van der Waals surface area (Å²) in [7, 11) is 0. The van der Waals surface area contributed by atoms with Crippen molar-refractivity contribution in [2.75, 3.05) is 26.4 Å². The first-order valence-corrected chi connectivity index (χ1v) is 18.1. The number of carbonyl (C=O) groups is 2. The molecule has 0 amide bonds. The molecule has 328 valence electrons. The van der Waals surface area contributed by atoms with E-state index in [9.17, 15) is 70.9 Å². The smallest absolute Gasteiger partial charge is 0.333 e. The molecule has 0 bridgehead atoms. The van der Waals surface area contributed by atoms with Gasteiger partial charge in [-0.25, -0.2) is 9.59 Å². The molecule has 1 unspecified atom stereocenters. The number of aliphatic hydroxyl groups excluding tert-OH is 12. The maximum Gasteiger partial charge on any atom is 0.333 e. The highest BCUT2D eigenvalue weighted by molar-refractivity contribution is 5.88. The van der Waals surface area contributed by atoms with E-state index in [-0.39, 0.29) is 11.1 Å². The lowest BCUT2D eigenvalue weighted by Crippen LogP contribution is -2.67. The van der Waals surface area contributed by atoms with Gasteiger partial charge in [-0.2, -0.15) is 0 Å². The van der Waals surface area contributed by atoms with Gasteiger partial charge < -0.3 is 104 Å². The number of aliphatic hydroxyl groups is 12. The van der Waals surface area contributed by atoms with Gasteiger partial charge in [-0.05, 0) is 27.7 Å². The van der Waals surface area contributed by atoms with E-state index in [1.54, 1.807) is 13.8 Å². The molecule has 20 atom stereocenters. The minimum atomic E-state index is -2.09. The molecule has 12 N–H and O–H groups in total. The predicted molar refractivity (Wildman–Crippen MR) is 180 cm³/mol. The van der Waals surface area contributed by atoms with Crippen molar-refractivity contribution in [2.45, 2.75) is 151 Å². The van der Waals surface area contributed by atoms with Gasteiger partial charge in [0.2, 0.25) is 0 Å². The Morgan fingerprint density at radius 2 is 0.772 bits per heavy atom. The summed E-state index contributed by atoms with van der Waals surface area (Å²) in [6, 6.07) is 0. The van der Waals surface area contributed by atoms with Gasteiger partial charge in [0, 0.05) is 11.1 Å². The summed E-state index contributed by atoms with van der Waals surface area (Å²) in [4.78, 5) is 24.9. The quantitative estimate of drug-likeness (QED) is 0.0572. The second-order valence-corrected chi connectivity index (χ2v) is 13.9. The van der Waals surface area contributed by atoms with Gasteiger partial charge >= 0.3 is 11.9 Å². The van der Waals surface area contributed by atoms with Gasteiger partial charge in [0.15, 0.2) is 25.2 Å². The van der Waals surface area contributed by atoms with Gasteiger partial charge in [0.1, 0.15) is 111 Å². The minimum Gasteiger partial charge on any atom is -0.459 e. The summed E-state index contributed by atoms with van der Waals surface area (Å²) in [5, 5.41) is 127. The third-order valence-electron chi connectivity index (χ3n) is 10.1. The zero-order chi connectivity index (χ0) is 42.5. The molecule has 23 nitrogen and oxygen atoms in total. The van der Waals surface area contributed by atoms with Crippen molar-refractivity contribution in [3.05, 3.63) is 23.3 Å². The number of hydrogen-bond acceptors (Lipinski definition) is 23. The Kier molecular flexibility index (Phi) is 17.2. The normalized spacial score (nSPS) is 44.7. The Bertz CT molecular complexity index is 1280. The molecule has 0 aromatic rings. The summed E-state index contributed by atoms with van der Waals surface area (Å²) in [5.74, 6) is -1.66. The Labute approximate surface area is 325 Å². The van der Waals surface area contributed by atoms with Crippen molar-refractivity contribution in [3.8, 4) is 0 Å². The van der Waals surface area contributed by atoms with Crippen LogP contribution in [0, 0.1) is 0 Å². The Hall–Kier alpha value is -2.34. The topological polar surface area (TPSA) is 360 Å². The number of esters is 2. The van der Waals surface area contributed by atoms with Crippen LogP contribution in [-0.4, -0.2) is 222 Å². The first-order chi connectivity index (χ1) is 26.9. The fraction of sp³-hybridized carbons (Fsp3) is 0.824. The van der Waals surface area contributed by atoms with Crippen LogP contribution >= 0.6 is 0 Å². The van der Waals surface area contributed by atoms with Crippen LogP contribution in [0.1, 0.15) is 27.7 Å². The van der Waals surface area contributed by atoms with Crippen LogP contribution in [0.5, 0.6) is 0 Å². The summed E-state index contributed by atoms with van der Waals surface area (Å²) >= 11 is 0. The van der Waals surface area contributed by atoms with Crippen molar-refractivity contribution in [1.82, 2.24) is 0 Å². The SMILES string of the molecule is C/C=C(\C)C(=O)OC[C@@H]1O[C@@H](OC2O[C@@H](COC(=O)/C(C)=C/C)[C@H](O)[C@@H](O)[C@@H]2O[C@H]2O[C@@H](CO)[C@H](O)[C@@H](O)[C@@H]2O)[C@@H](O[C@H]2O[C@@H](CO)[C@H](O)[C@@H](O)[C@@H]2O)[C@H](O)[C@H]1O. The molecule has 0 aliphatic carbocycles. The number of ether oxygens (including phenoxy) is 9. The molecule has 0 radical (unpaired) electrons. The second-order valence-electron chi connectivity index (χ2n) is 13.9. The van der Waals surface area contributed by atoms with E-state index in [1.165, 1.54) is 26.0 Å². The Morgan fingerprint density at radius 1 is 0.456 bits per heavy atom. The maximum absolute atomic E-state index is 12.4.